The molecule has 1 aliphatic rings. The Morgan fingerprint density at radius 2 is 2.30 bits per heavy atom. The lowest BCUT2D eigenvalue weighted by molar-refractivity contribution is -0.128. The van der Waals surface area contributed by atoms with Gasteiger partial charge in [0.1, 0.15) is 0 Å². The molecule has 1 aliphatic heterocycles. The van der Waals surface area contributed by atoms with Crippen LogP contribution < -0.4 is 5.32 Å². The zero-order chi connectivity index (χ0) is 7.78. The smallest absolute Gasteiger partial charge is 0.229 e. The molecule has 1 rings (SSSR count). The van der Waals surface area contributed by atoms with E-state index in [0.717, 1.165) is 6.42 Å². The molecule has 0 radical (unpaired) electrons. The maximum absolute atomic E-state index is 11.1. The molecular formula is C7H10INO. The highest BCUT2D eigenvalue weighted by Gasteiger charge is 2.30. The highest BCUT2D eigenvalue weighted by atomic mass is 127. The zero-order valence-electron chi connectivity index (χ0n) is 6.07. The summed E-state index contributed by atoms with van der Waals surface area (Å²) in [6.45, 7) is 3.90. The largest absolute Gasteiger partial charge is 0.331 e. The molecule has 0 bridgehead atoms. The number of amides is 1. The van der Waals surface area contributed by atoms with Crippen LogP contribution in [0.4, 0.5) is 0 Å². The summed E-state index contributed by atoms with van der Waals surface area (Å²) >= 11 is 2.24. The molecule has 0 spiro atoms. The van der Waals surface area contributed by atoms with Crippen molar-refractivity contribution in [3.05, 3.63) is 9.78 Å². The van der Waals surface area contributed by atoms with Crippen LogP contribution in [0.15, 0.2) is 9.78 Å². The molecule has 0 saturated carbocycles. The second-order valence-electron chi connectivity index (χ2n) is 3.13. The number of carbonyl (C=O) groups is 1. The van der Waals surface area contributed by atoms with E-state index >= 15 is 0 Å². The van der Waals surface area contributed by atoms with Gasteiger partial charge in [-0.25, -0.2) is 0 Å². The fourth-order valence-electron chi connectivity index (χ4n) is 0.893. The zero-order valence-corrected chi connectivity index (χ0v) is 8.23. The quantitative estimate of drug-likeness (QED) is 0.653. The molecule has 1 amide bonds. The first kappa shape index (κ1) is 8.04. The third-order valence-electron chi connectivity index (χ3n) is 1.59. The van der Waals surface area contributed by atoms with Gasteiger partial charge in [0, 0.05) is 15.2 Å². The maximum atomic E-state index is 11.1. The van der Waals surface area contributed by atoms with Gasteiger partial charge in [0.2, 0.25) is 5.91 Å². The summed E-state index contributed by atoms with van der Waals surface area (Å²) < 4.78 is 1.21. The van der Waals surface area contributed by atoms with Gasteiger partial charge in [0.25, 0.3) is 0 Å². The monoisotopic (exact) mass is 251 g/mol. The summed E-state index contributed by atoms with van der Waals surface area (Å²) in [5.74, 6) is 0.118. The fraction of sp³-hybridized carbons (Fsp3) is 0.571. The standard InChI is InChI=1S/C7H10INO/c1-7(2)3-5(8)4-9-6(7)10/h4H,3H2,1-2H3,(H,9,10). The fourth-order valence-corrected chi connectivity index (χ4v) is 2.00. The second kappa shape index (κ2) is 2.53. The van der Waals surface area contributed by atoms with E-state index in [1.54, 1.807) is 6.20 Å². The van der Waals surface area contributed by atoms with Crippen LogP contribution in [0.5, 0.6) is 0 Å². The summed E-state index contributed by atoms with van der Waals surface area (Å²) in [5.41, 5.74) is -0.217. The van der Waals surface area contributed by atoms with Crippen molar-refractivity contribution in [2.75, 3.05) is 0 Å². The van der Waals surface area contributed by atoms with E-state index in [-0.39, 0.29) is 11.3 Å². The van der Waals surface area contributed by atoms with Gasteiger partial charge in [-0.05, 0) is 29.0 Å². The van der Waals surface area contributed by atoms with Gasteiger partial charge in [0.15, 0.2) is 0 Å². The van der Waals surface area contributed by atoms with E-state index in [1.165, 1.54) is 3.58 Å². The van der Waals surface area contributed by atoms with Crippen LogP contribution in [0, 0.1) is 5.41 Å². The van der Waals surface area contributed by atoms with Crippen molar-refractivity contribution in [1.82, 2.24) is 5.32 Å². The Balaban J connectivity index is 2.82. The van der Waals surface area contributed by atoms with Gasteiger partial charge in [-0.15, -0.1) is 0 Å². The minimum atomic E-state index is -0.217. The molecule has 0 saturated heterocycles. The van der Waals surface area contributed by atoms with Crippen molar-refractivity contribution >= 4 is 28.5 Å². The maximum Gasteiger partial charge on any atom is 0.229 e. The Morgan fingerprint density at radius 1 is 1.70 bits per heavy atom. The van der Waals surface area contributed by atoms with Gasteiger partial charge in [0.05, 0.1) is 0 Å². The average Bonchev–Trinajstić information content (AvgIpc) is 1.78. The molecule has 10 heavy (non-hydrogen) atoms. The summed E-state index contributed by atoms with van der Waals surface area (Å²) in [4.78, 5) is 11.1. The number of rotatable bonds is 0. The second-order valence-corrected chi connectivity index (χ2v) is 4.51. The van der Waals surface area contributed by atoms with Gasteiger partial charge < -0.3 is 5.32 Å². The van der Waals surface area contributed by atoms with Crippen LogP contribution in [0.25, 0.3) is 0 Å². The molecule has 1 heterocycles. The van der Waals surface area contributed by atoms with E-state index in [4.69, 9.17) is 0 Å². The van der Waals surface area contributed by atoms with Crippen LogP contribution in [-0.4, -0.2) is 5.91 Å². The van der Waals surface area contributed by atoms with Crippen LogP contribution in [-0.2, 0) is 4.79 Å². The predicted molar refractivity (Wildman–Crippen MR) is 48.6 cm³/mol. The number of carbonyl (C=O) groups excluding carboxylic acids is 1. The molecule has 0 aromatic carbocycles. The SMILES string of the molecule is CC1(C)CC(I)=CNC1=O. The van der Waals surface area contributed by atoms with Crippen LogP contribution in [0.3, 0.4) is 0 Å². The lowest BCUT2D eigenvalue weighted by Crippen LogP contribution is -2.37. The van der Waals surface area contributed by atoms with E-state index in [1.807, 2.05) is 13.8 Å². The Morgan fingerprint density at radius 3 is 2.70 bits per heavy atom. The molecule has 0 aromatic heterocycles. The predicted octanol–water partition coefficient (Wildman–Crippen LogP) is 1.81. The summed E-state index contributed by atoms with van der Waals surface area (Å²) in [5, 5.41) is 2.71. The Labute approximate surface area is 74.2 Å². The molecule has 0 aliphatic carbocycles. The first-order valence-electron chi connectivity index (χ1n) is 3.18. The minimum absolute atomic E-state index is 0.118. The van der Waals surface area contributed by atoms with Gasteiger partial charge >= 0.3 is 0 Å². The van der Waals surface area contributed by atoms with E-state index in [0.29, 0.717) is 0 Å². The third-order valence-corrected chi connectivity index (χ3v) is 2.28. The van der Waals surface area contributed by atoms with Crippen LogP contribution in [0.1, 0.15) is 20.3 Å². The first-order chi connectivity index (χ1) is 4.52. The number of nitrogens with one attached hydrogen (secondary N) is 1. The van der Waals surface area contributed by atoms with Crippen molar-refractivity contribution < 1.29 is 4.79 Å². The number of hydrogen-bond donors (Lipinski definition) is 1. The topological polar surface area (TPSA) is 29.1 Å². The van der Waals surface area contributed by atoms with Crippen molar-refractivity contribution in [2.45, 2.75) is 20.3 Å². The highest BCUT2D eigenvalue weighted by molar-refractivity contribution is 14.1. The molecule has 2 nitrogen and oxygen atoms in total. The van der Waals surface area contributed by atoms with Crippen LogP contribution in [0.2, 0.25) is 0 Å². The molecule has 0 unspecified atom stereocenters. The number of hydrogen-bond acceptors (Lipinski definition) is 1. The summed E-state index contributed by atoms with van der Waals surface area (Å²) in [6.07, 6.45) is 2.63. The lowest BCUT2D eigenvalue weighted by Gasteiger charge is -2.26. The summed E-state index contributed by atoms with van der Waals surface area (Å²) in [6, 6.07) is 0. The number of halogens is 1. The van der Waals surface area contributed by atoms with Gasteiger partial charge in [-0.1, -0.05) is 13.8 Å². The van der Waals surface area contributed by atoms with Crippen molar-refractivity contribution in [3.63, 3.8) is 0 Å². The van der Waals surface area contributed by atoms with Crippen molar-refractivity contribution in [3.8, 4) is 0 Å². The Kier molecular flexibility index (Phi) is 2.03. The van der Waals surface area contributed by atoms with Gasteiger partial charge in [-0.2, -0.15) is 0 Å². The van der Waals surface area contributed by atoms with Crippen molar-refractivity contribution in [2.24, 2.45) is 5.41 Å². The Hall–Kier alpha value is -0.0600. The Bertz CT molecular complexity index is 196. The van der Waals surface area contributed by atoms with Crippen LogP contribution >= 0.6 is 22.6 Å². The van der Waals surface area contributed by atoms with E-state index in [2.05, 4.69) is 27.9 Å². The van der Waals surface area contributed by atoms with E-state index < -0.39 is 0 Å². The minimum Gasteiger partial charge on any atom is -0.331 e. The van der Waals surface area contributed by atoms with Gasteiger partial charge in [-0.3, -0.25) is 4.79 Å². The molecule has 3 heteroatoms. The molecule has 56 valence electrons. The van der Waals surface area contributed by atoms with E-state index in [9.17, 15) is 4.79 Å². The molecule has 1 N–H and O–H groups in total. The lowest BCUT2D eigenvalue weighted by atomic mass is 9.87. The molecular weight excluding hydrogens is 241 g/mol. The summed E-state index contributed by atoms with van der Waals surface area (Å²) in [7, 11) is 0. The first-order valence-corrected chi connectivity index (χ1v) is 4.26. The number of allylic oxidation sites excluding steroid dienone is 1. The van der Waals surface area contributed by atoms with Crippen molar-refractivity contribution in [1.29, 1.82) is 0 Å². The average molecular weight is 251 g/mol. The molecule has 0 aromatic rings. The third kappa shape index (κ3) is 1.51. The molecule has 0 atom stereocenters. The molecule has 0 fully saturated rings. The highest BCUT2D eigenvalue weighted by Crippen LogP contribution is 2.31. The normalized spacial score (nSPS) is 23.5.